The Bertz CT molecular complexity index is 2710. The van der Waals surface area contributed by atoms with Crippen LogP contribution in [0.5, 0.6) is 11.5 Å². The van der Waals surface area contributed by atoms with Gasteiger partial charge in [-0.1, -0.05) is 136 Å². The molecule has 2 aliphatic heterocycles. The molecule has 0 radical (unpaired) electrons. The third kappa shape index (κ3) is 5.23. The molecule has 6 heteroatoms. The van der Waals surface area contributed by atoms with Crippen LogP contribution in [0.3, 0.4) is 0 Å². The molecule has 0 spiro atoms. The monoisotopic (exact) mass is 730 g/mol. The van der Waals surface area contributed by atoms with Gasteiger partial charge in [0.2, 0.25) is 0 Å². The molecular weight excluding hydrogens is 689 g/mol. The molecule has 0 unspecified atom stereocenters. The van der Waals surface area contributed by atoms with Crippen molar-refractivity contribution in [2.75, 3.05) is 16.5 Å². The highest BCUT2D eigenvalue weighted by atomic mass is 28.3. The van der Waals surface area contributed by atoms with Gasteiger partial charge in [-0.3, -0.25) is 4.57 Å². The first kappa shape index (κ1) is 33.2. The van der Waals surface area contributed by atoms with Crippen molar-refractivity contribution in [2.45, 2.75) is 32.0 Å². The quantitative estimate of drug-likeness (QED) is 0.160. The number of allylic oxidation sites excluding steroid dienone is 1. The molecule has 4 heterocycles. The van der Waals surface area contributed by atoms with Gasteiger partial charge in [0.1, 0.15) is 17.3 Å². The fourth-order valence-corrected chi connectivity index (χ4v) is 11.6. The minimum atomic E-state index is -2.03. The topological polar surface area (TPSA) is 33.5 Å². The molecule has 5 nitrogen and oxygen atoms in total. The number of nitrogens with zero attached hydrogens (tertiary/aromatic N) is 4. The zero-order valence-electron chi connectivity index (χ0n) is 31.6. The summed E-state index contributed by atoms with van der Waals surface area (Å²) in [6.45, 7) is 10.6. The lowest BCUT2D eigenvalue weighted by Crippen LogP contribution is -2.58. The number of aromatic nitrogens is 2. The van der Waals surface area contributed by atoms with Crippen LogP contribution in [0.2, 0.25) is 18.1 Å². The second-order valence-corrected chi connectivity index (χ2v) is 20.8. The zero-order valence-corrected chi connectivity index (χ0v) is 32.6. The van der Waals surface area contributed by atoms with E-state index < -0.39 is 8.07 Å². The van der Waals surface area contributed by atoms with Crippen LogP contribution >= 0.6 is 0 Å². The summed E-state index contributed by atoms with van der Waals surface area (Å²) in [4.78, 5) is 9.75. The van der Waals surface area contributed by atoms with E-state index in [1.807, 2.05) is 18.3 Å². The van der Waals surface area contributed by atoms with Crippen LogP contribution < -0.4 is 19.7 Å². The number of para-hydroxylation sites is 2. The molecule has 0 aliphatic carbocycles. The van der Waals surface area contributed by atoms with Crippen molar-refractivity contribution < 1.29 is 4.74 Å². The normalized spacial score (nSPS) is 15.5. The lowest BCUT2D eigenvalue weighted by molar-refractivity contribution is 0.483. The SMILES string of the molecule is CC1(C)C2=CN(c3c(-c4ccccc4)cccc3-c3ccccc3)CN2c2cc(Oc3ccc4c5ccccc5n(-c5ccccn5)c4c3)ccc2[Si]1(C)C. The summed E-state index contributed by atoms with van der Waals surface area (Å²) >= 11 is 0. The van der Waals surface area contributed by atoms with Crippen molar-refractivity contribution in [3.8, 4) is 39.6 Å². The molecule has 2 aromatic heterocycles. The molecule has 0 bridgehead atoms. The van der Waals surface area contributed by atoms with Crippen molar-refractivity contribution in [3.63, 3.8) is 0 Å². The van der Waals surface area contributed by atoms with Gasteiger partial charge in [-0.15, -0.1) is 0 Å². The molecule has 8 aromatic rings. The van der Waals surface area contributed by atoms with Crippen molar-refractivity contribution in [1.29, 1.82) is 0 Å². The molecule has 0 amide bonds. The molecule has 268 valence electrons. The van der Waals surface area contributed by atoms with Gasteiger partial charge in [0, 0.05) is 62.9 Å². The highest BCUT2D eigenvalue weighted by molar-refractivity contribution is 6.94. The van der Waals surface area contributed by atoms with Gasteiger partial charge in [-0.05, 0) is 52.7 Å². The second kappa shape index (κ2) is 12.6. The molecule has 2 aliphatic rings. The standard InChI is InChI=1S/C49H42N4OSi/c1-49(2)46-32-51(48-38(34-16-7-5-8-17-34)21-15-22-39(48)35-18-9-6-10-19-35)33-52(46)44-31-37(26-28-45(44)55(49,3)4)54-36-25-27-41-40-20-11-12-23-42(40)53(43(41)30-36)47-24-13-14-29-50-47/h5-32H,33H2,1-4H3. The van der Waals surface area contributed by atoms with Crippen molar-refractivity contribution in [2.24, 2.45) is 0 Å². The number of anilines is 2. The van der Waals surface area contributed by atoms with E-state index in [0.29, 0.717) is 6.67 Å². The number of rotatable bonds is 6. The van der Waals surface area contributed by atoms with Crippen LogP contribution in [0.25, 0.3) is 49.9 Å². The maximum atomic E-state index is 6.80. The average molecular weight is 731 g/mol. The van der Waals surface area contributed by atoms with Crippen LogP contribution in [0.4, 0.5) is 11.4 Å². The van der Waals surface area contributed by atoms with Crippen molar-refractivity contribution >= 4 is 46.4 Å². The first-order chi connectivity index (χ1) is 26.8. The first-order valence-corrected chi connectivity index (χ1v) is 22.1. The smallest absolute Gasteiger partial charge is 0.137 e. The highest BCUT2D eigenvalue weighted by Gasteiger charge is 2.52. The van der Waals surface area contributed by atoms with Gasteiger partial charge in [-0.2, -0.15) is 0 Å². The van der Waals surface area contributed by atoms with Crippen molar-refractivity contribution in [1.82, 2.24) is 9.55 Å². The lowest BCUT2D eigenvalue weighted by atomic mass is 9.95. The van der Waals surface area contributed by atoms with E-state index in [1.165, 1.54) is 55.3 Å². The van der Waals surface area contributed by atoms with E-state index in [9.17, 15) is 0 Å². The predicted molar refractivity (Wildman–Crippen MR) is 231 cm³/mol. The summed E-state index contributed by atoms with van der Waals surface area (Å²) < 4.78 is 9.03. The van der Waals surface area contributed by atoms with Gasteiger partial charge < -0.3 is 14.5 Å². The summed E-state index contributed by atoms with van der Waals surface area (Å²) in [6.07, 6.45) is 4.28. The molecule has 0 saturated carbocycles. The third-order valence-corrected chi connectivity index (χ3v) is 17.4. The summed E-state index contributed by atoms with van der Waals surface area (Å²) in [5.74, 6) is 2.51. The van der Waals surface area contributed by atoms with Crippen LogP contribution in [-0.4, -0.2) is 24.3 Å². The molecular formula is C49H42N4OSi. The van der Waals surface area contributed by atoms with E-state index in [-0.39, 0.29) is 5.04 Å². The van der Waals surface area contributed by atoms with Crippen LogP contribution in [0.1, 0.15) is 13.8 Å². The minimum Gasteiger partial charge on any atom is -0.457 e. The number of pyridine rings is 1. The average Bonchev–Trinajstić information content (AvgIpc) is 3.82. The molecule has 0 N–H and O–H groups in total. The highest BCUT2D eigenvalue weighted by Crippen LogP contribution is 2.54. The zero-order chi connectivity index (χ0) is 37.3. The minimum absolute atomic E-state index is 0.0182. The number of hydrogen-bond acceptors (Lipinski definition) is 4. The number of ether oxygens (including phenoxy) is 1. The van der Waals surface area contributed by atoms with E-state index in [1.54, 1.807) is 0 Å². The van der Waals surface area contributed by atoms with Gasteiger partial charge in [0.05, 0.1) is 31.5 Å². The maximum absolute atomic E-state index is 6.80. The Morgan fingerprint density at radius 1 is 0.618 bits per heavy atom. The molecule has 0 atom stereocenters. The van der Waals surface area contributed by atoms with Gasteiger partial charge in [0.15, 0.2) is 0 Å². The summed E-state index contributed by atoms with van der Waals surface area (Å²) in [5, 5.41) is 3.80. The predicted octanol–water partition coefficient (Wildman–Crippen LogP) is 12.1. The van der Waals surface area contributed by atoms with E-state index in [4.69, 9.17) is 9.72 Å². The molecule has 10 rings (SSSR count). The molecule has 55 heavy (non-hydrogen) atoms. The second-order valence-electron chi connectivity index (χ2n) is 15.7. The van der Waals surface area contributed by atoms with E-state index in [0.717, 1.165) is 28.4 Å². The third-order valence-electron chi connectivity index (χ3n) is 12.3. The number of benzene rings is 6. The molecule has 0 saturated heterocycles. The van der Waals surface area contributed by atoms with Gasteiger partial charge in [0.25, 0.3) is 0 Å². The Morgan fingerprint density at radius 2 is 1.25 bits per heavy atom. The lowest BCUT2D eigenvalue weighted by Gasteiger charge is -2.50. The Morgan fingerprint density at radius 3 is 1.96 bits per heavy atom. The first-order valence-electron chi connectivity index (χ1n) is 19.1. The fraction of sp³-hybridized carbons (Fsp3) is 0.122. The summed E-state index contributed by atoms with van der Waals surface area (Å²) in [6, 6.07) is 56.1. The van der Waals surface area contributed by atoms with Crippen molar-refractivity contribution in [3.05, 3.63) is 176 Å². The van der Waals surface area contributed by atoms with E-state index in [2.05, 4.69) is 193 Å². The fourth-order valence-electron chi connectivity index (χ4n) is 8.75. The van der Waals surface area contributed by atoms with E-state index >= 15 is 0 Å². The Balaban J connectivity index is 1.07. The summed E-state index contributed by atoms with van der Waals surface area (Å²) in [7, 11) is -2.03. The Hall–Kier alpha value is -6.37. The summed E-state index contributed by atoms with van der Waals surface area (Å²) in [5.41, 5.74) is 10.9. The van der Waals surface area contributed by atoms with Crippen LogP contribution in [0, 0.1) is 0 Å². The number of fused-ring (bicyclic) bond motifs is 6. The van der Waals surface area contributed by atoms with Crippen LogP contribution in [-0.2, 0) is 0 Å². The van der Waals surface area contributed by atoms with Crippen LogP contribution in [0.15, 0.2) is 176 Å². The number of hydrogen-bond donors (Lipinski definition) is 0. The Kier molecular flexibility index (Phi) is 7.61. The van der Waals surface area contributed by atoms with Gasteiger partial charge >= 0.3 is 0 Å². The molecule has 6 aromatic carbocycles. The maximum Gasteiger partial charge on any atom is 0.137 e. The largest absolute Gasteiger partial charge is 0.457 e. The Labute approximate surface area is 323 Å². The molecule has 0 fully saturated rings. The van der Waals surface area contributed by atoms with Gasteiger partial charge in [-0.25, -0.2) is 4.98 Å².